The van der Waals surface area contributed by atoms with Gasteiger partial charge in [0.15, 0.2) is 10.9 Å². The number of hydrogen-bond acceptors (Lipinski definition) is 5. The fraction of sp³-hybridized carbons (Fsp3) is 0.200. The van der Waals surface area contributed by atoms with Crippen molar-refractivity contribution < 1.29 is 9.59 Å². The zero-order chi connectivity index (χ0) is 19.4. The molecular formula is C20H20N4O2S. The second-order valence-electron chi connectivity index (χ2n) is 6.15. The molecule has 1 heterocycles. The maximum absolute atomic E-state index is 12.8. The van der Waals surface area contributed by atoms with Crippen molar-refractivity contribution in [3.8, 4) is 5.69 Å². The van der Waals surface area contributed by atoms with Gasteiger partial charge in [0, 0.05) is 18.2 Å². The van der Waals surface area contributed by atoms with Gasteiger partial charge in [-0.15, -0.1) is 10.2 Å². The molecule has 1 aromatic heterocycles. The van der Waals surface area contributed by atoms with E-state index in [1.807, 2.05) is 42.7 Å². The lowest BCUT2D eigenvalue weighted by Gasteiger charge is -2.13. The number of carbonyl (C=O) groups is 2. The van der Waals surface area contributed by atoms with E-state index in [1.54, 1.807) is 30.6 Å². The largest absolute Gasteiger partial charge is 0.326 e. The molecule has 3 rings (SSSR count). The molecule has 138 valence electrons. The van der Waals surface area contributed by atoms with Gasteiger partial charge < -0.3 is 5.32 Å². The van der Waals surface area contributed by atoms with Crippen molar-refractivity contribution in [2.45, 2.75) is 31.2 Å². The number of hydrogen-bond donors (Lipinski definition) is 1. The van der Waals surface area contributed by atoms with Gasteiger partial charge in [-0.2, -0.15) is 0 Å². The monoisotopic (exact) mass is 380 g/mol. The van der Waals surface area contributed by atoms with E-state index in [9.17, 15) is 9.59 Å². The van der Waals surface area contributed by atoms with E-state index in [0.29, 0.717) is 16.4 Å². The molecule has 1 unspecified atom stereocenters. The van der Waals surface area contributed by atoms with Crippen molar-refractivity contribution in [1.82, 2.24) is 14.8 Å². The Labute approximate surface area is 162 Å². The number of aryl methyl sites for hydroxylation is 1. The number of ketones is 1. The van der Waals surface area contributed by atoms with Crippen molar-refractivity contribution in [1.29, 1.82) is 0 Å². The van der Waals surface area contributed by atoms with Gasteiger partial charge in [-0.05, 0) is 49.7 Å². The highest BCUT2D eigenvalue weighted by Gasteiger charge is 2.20. The van der Waals surface area contributed by atoms with E-state index < -0.39 is 0 Å². The zero-order valence-corrected chi connectivity index (χ0v) is 16.2. The van der Waals surface area contributed by atoms with Gasteiger partial charge in [0.1, 0.15) is 6.33 Å². The number of benzene rings is 2. The topological polar surface area (TPSA) is 76.9 Å². The lowest BCUT2D eigenvalue weighted by molar-refractivity contribution is -0.114. The molecule has 0 saturated heterocycles. The summed E-state index contributed by atoms with van der Waals surface area (Å²) in [5.41, 5.74) is 3.35. The predicted octanol–water partition coefficient (Wildman–Crippen LogP) is 3.90. The zero-order valence-electron chi connectivity index (χ0n) is 15.3. The highest BCUT2D eigenvalue weighted by Crippen LogP contribution is 2.27. The Kier molecular flexibility index (Phi) is 5.71. The fourth-order valence-corrected chi connectivity index (χ4v) is 3.58. The molecule has 1 atom stereocenters. The molecule has 0 spiro atoms. The summed E-state index contributed by atoms with van der Waals surface area (Å²) in [7, 11) is 0. The first-order valence-corrected chi connectivity index (χ1v) is 9.38. The number of nitrogens with one attached hydrogen (secondary N) is 1. The van der Waals surface area contributed by atoms with Gasteiger partial charge in [0.05, 0.1) is 10.9 Å². The normalized spacial score (nSPS) is 11.8. The number of thioether (sulfide) groups is 1. The summed E-state index contributed by atoms with van der Waals surface area (Å²) in [4.78, 5) is 23.8. The highest BCUT2D eigenvalue weighted by molar-refractivity contribution is 8.00. The highest BCUT2D eigenvalue weighted by atomic mass is 32.2. The van der Waals surface area contributed by atoms with E-state index in [0.717, 1.165) is 11.3 Å². The molecule has 1 amide bonds. The first-order chi connectivity index (χ1) is 13.0. The maximum atomic E-state index is 12.8. The average Bonchev–Trinajstić information content (AvgIpc) is 3.09. The van der Waals surface area contributed by atoms with Gasteiger partial charge >= 0.3 is 0 Å². The molecule has 0 saturated carbocycles. The van der Waals surface area contributed by atoms with Crippen LogP contribution in [0.1, 0.15) is 29.8 Å². The van der Waals surface area contributed by atoms with Crippen LogP contribution in [-0.2, 0) is 4.79 Å². The third kappa shape index (κ3) is 4.43. The number of anilines is 1. The number of aromatic nitrogens is 3. The molecule has 0 aliphatic carbocycles. The SMILES string of the molecule is CC(=O)Nc1ccc(C(=O)C(C)Sc2nncn2-c2ccccc2C)cc1. The molecule has 0 aliphatic heterocycles. The Morgan fingerprint density at radius 1 is 1.11 bits per heavy atom. The van der Waals surface area contributed by atoms with E-state index >= 15 is 0 Å². The maximum Gasteiger partial charge on any atom is 0.221 e. The third-order valence-corrected chi connectivity index (χ3v) is 5.09. The summed E-state index contributed by atoms with van der Waals surface area (Å²) in [5, 5.41) is 11.2. The molecule has 2 aromatic carbocycles. The van der Waals surface area contributed by atoms with Gasteiger partial charge in [0.2, 0.25) is 5.91 Å². The molecule has 0 radical (unpaired) electrons. The van der Waals surface area contributed by atoms with Crippen LogP contribution in [0.3, 0.4) is 0 Å². The summed E-state index contributed by atoms with van der Waals surface area (Å²) in [5.74, 6) is -0.151. The van der Waals surface area contributed by atoms with Gasteiger partial charge in [-0.25, -0.2) is 0 Å². The van der Waals surface area contributed by atoms with Crippen molar-refractivity contribution >= 4 is 29.1 Å². The Bertz CT molecular complexity index is 966. The van der Waals surface area contributed by atoms with Crippen LogP contribution in [0, 0.1) is 6.92 Å². The summed E-state index contributed by atoms with van der Waals surface area (Å²) < 4.78 is 1.89. The molecule has 1 N–H and O–H groups in total. The van der Waals surface area contributed by atoms with Crippen molar-refractivity contribution in [3.63, 3.8) is 0 Å². The molecule has 6 nitrogen and oxygen atoms in total. The number of carbonyl (C=O) groups excluding carboxylic acids is 2. The predicted molar refractivity (Wildman–Crippen MR) is 106 cm³/mol. The first-order valence-electron chi connectivity index (χ1n) is 8.50. The molecule has 0 aliphatic rings. The van der Waals surface area contributed by atoms with Gasteiger partial charge in [0.25, 0.3) is 0 Å². The number of Topliss-reactive ketones (excluding diaryl/α,β-unsaturated/α-hetero) is 1. The van der Waals surface area contributed by atoms with Gasteiger partial charge in [-0.3, -0.25) is 14.2 Å². The van der Waals surface area contributed by atoms with Crippen molar-refractivity contribution in [3.05, 3.63) is 66.0 Å². The Morgan fingerprint density at radius 3 is 2.48 bits per heavy atom. The average molecular weight is 380 g/mol. The van der Waals surface area contributed by atoms with Crippen LogP contribution in [0.15, 0.2) is 60.0 Å². The Balaban J connectivity index is 1.75. The number of rotatable bonds is 6. The first kappa shape index (κ1) is 18.8. The van der Waals surface area contributed by atoms with Crippen LogP contribution in [-0.4, -0.2) is 31.7 Å². The second-order valence-corrected chi connectivity index (χ2v) is 7.46. The van der Waals surface area contributed by atoms with Crippen LogP contribution in [0.4, 0.5) is 5.69 Å². The van der Waals surface area contributed by atoms with E-state index in [4.69, 9.17) is 0 Å². The van der Waals surface area contributed by atoms with E-state index in [-0.39, 0.29) is 16.9 Å². The van der Waals surface area contributed by atoms with Crippen LogP contribution >= 0.6 is 11.8 Å². The summed E-state index contributed by atoms with van der Waals surface area (Å²) in [6, 6.07) is 14.8. The van der Waals surface area contributed by atoms with Gasteiger partial charge in [-0.1, -0.05) is 30.0 Å². The van der Waals surface area contributed by atoms with E-state index in [1.165, 1.54) is 18.7 Å². The molecule has 7 heteroatoms. The van der Waals surface area contributed by atoms with Crippen LogP contribution in [0.5, 0.6) is 0 Å². The third-order valence-electron chi connectivity index (χ3n) is 4.03. The molecule has 27 heavy (non-hydrogen) atoms. The fourth-order valence-electron chi connectivity index (χ4n) is 2.67. The molecule has 0 bridgehead atoms. The van der Waals surface area contributed by atoms with Crippen molar-refractivity contribution in [2.75, 3.05) is 5.32 Å². The molecule has 0 fully saturated rings. The lowest BCUT2D eigenvalue weighted by atomic mass is 10.1. The minimum atomic E-state index is -0.330. The van der Waals surface area contributed by atoms with Crippen LogP contribution < -0.4 is 5.32 Å². The lowest BCUT2D eigenvalue weighted by Crippen LogP contribution is -2.15. The number of para-hydroxylation sites is 1. The molecular weight excluding hydrogens is 360 g/mol. The summed E-state index contributed by atoms with van der Waals surface area (Å²) >= 11 is 1.37. The standard InChI is InChI=1S/C20H20N4O2S/c1-13-6-4-5-7-18(13)24-12-21-23-20(24)27-14(2)19(26)16-8-10-17(11-9-16)22-15(3)25/h4-12,14H,1-3H3,(H,22,25). The van der Waals surface area contributed by atoms with Crippen molar-refractivity contribution in [2.24, 2.45) is 0 Å². The summed E-state index contributed by atoms with van der Waals surface area (Å²) in [6.07, 6.45) is 1.66. The number of nitrogens with zero attached hydrogens (tertiary/aromatic N) is 3. The minimum Gasteiger partial charge on any atom is -0.326 e. The summed E-state index contributed by atoms with van der Waals surface area (Å²) in [6.45, 7) is 5.32. The smallest absolute Gasteiger partial charge is 0.221 e. The quantitative estimate of drug-likeness (QED) is 0.518. The Morgan fingerprint density at radius 2 is 1.81 bits per heavy atom. The second kappa shape index (κ2) is 8.18. The molecule has 3 aromatic rings. The van der Waals surface area contributed by atoms with E-state index in [2.05, 4.69) is 15.5 Å². The number of amides is 1. The minimum absolute atomic E-state index is 0.00583. The Hall–Kier alpha value is -2.93. The van der Waals surface area contributed by atoms with Crippen LogP contribution in [0.2, 0.25) is 0 Å². The van der Waals surface area contributed by atoms with Crippen LogP contribution in [0.25, 0.3) is 5.69 Å².